The highest BCUT2D eigenvalue weighted by Gasteiger charge is 2.29. The molecule has 0 aliphatic heterocycles. The lowest BCUT2D eigenvalue weighted by molar-refractivity contribution is 0.190. The van der Waals surface area contributed by atoms with E-state index >= 15 is 0 Å². The van der Waals surface area contributed by atoms with Gasteiger partial charge in [-0.15, -0.1) is 0 Å². The van der Waals surface area contributed by atoms with E-state index in [1.165, 1.54) is 0 Å². The second-order valence-corrected chi connectivity index (χ2v) is 10.6. The fourth-order valence-electron chi connectivity index (χ4n) is 4.57. The van der Waals surface area contributed by atoms with Crippen LogP contribution in [-0.4, -0.2) is 38.5 Å². The Hall–Kier alpha value is -3.16. The molecule has 2 rings (SSSR count). The lowest BCUT2D eigenvalue weighted by Gasteiger charge is -2.23. The molecule has 2 N–H and O–H groups in total. The number of ether oxygens (including phenoxy) is 4. The maximum atomic E-state index is 13.0. The van der Waals surface area contributed by atoms with Gasteiger partial charge in [0.05, 0.1) is 13.2 Å². The van der Waals surface area contributed by atoms with Crippen molar-refractivity contribution in [1.82, 2.24) is 10.6 Å². The van der Waals surface area contributed by atoms with Crippen molar-refractivity contribution in [3.8, 4) is 23.0 Å². The molecule has 2 atom stereocenters. The molecule has 0 bridgehead atoms. The number of amides is 2. The first-order valence-electron chi connectivity index (χ1n) is 14.9. The van der Waals surface area contributed by atoms with Crippen molar-refractivity contribution in [1.29, 1.82) is 0 Å². The number of carbonyl (C=O) groups excluding carboxylic acids is 2. The molecule has 8 heteroatoms. The smallest absolute Gasteiger partial charge is 0.412 e. The predicted molar refractivity (Wildman–Crippen MR) is 161 cm³/mol. The van der Waals surface area contributed by atoms with Gasteiger partial charge >= 0.3 is 12.2 Å². The summed E-state index contributed by atoms with van der Waals surface area (Å²) in [5, 5.41) is 7.02. The summed E-state index contributed by atoms with van der Waals surface area (Å²) in [6.07, 6.45) is 5.37. The molecule has 0 spiro atoms. The van der Waals surface area contributed by atoms with Crippen LogP contribution in [0.15, 0.2) is 12.1 Å². The van der Waals surface area contributed by atoms with Crippen LogP contribution in [0.3, 0.4) is 0 Å². The van der Waals surface area contributed by atoms with Crippen LogP contribution < -0.4 is 29.6 Å². The Morgan fingerprint density at radius 1 is 0.725 bits per heavy atom. The normalized spacial score (nSPS) is 12.5. The standard InChI is InChI=1S/C32H50N2O6/c1-9-13-15-21(5)19-33-31(35)39-27-25-18-17-23(7)24(8)26(25)28(30(38-12-4)29(27)37-11-3)40-32(36)34-20-22(6)16-14-10-2/h17-18,21-22H,9-16,19-20H2,1-8H3,(H,33,35)(H,34,36). The first-order valence-corrected chi connectivity index (χ1v) is 14.9. The largest absolute Gasteiger partial charge is 0.487 e. The number of aryl methyl sites for hydroxylation is 2. The van der Waals surface area contributed by atoms with Crippen LogP contribution >= 0.6 is 0 Å². The van der Waals surface area contributed by atoms with Crippen LogP contribution in [0.5, 0.6) is 23.0 Å². The second-order valence-electron chi connectivity index (χ2n) is 10.6. The van der Waals surface area contributed by atoms with Gasteiger partial charge in [0.15, 0.2) is 11.5 Å². The number of carbonyl (C=O) groups is 2. The first-order chi connectivity index (χ1) is 19.2. The van der Waals surface area contributed by atoms with Gasteiger partial charge in [0.1, 0.15) is 0 Å². The molecule has 0 saturated heterocycles. The zero-order valence-corrected chi connectivity index (χ0v) is 25.8. The quantitative estimate of drug-likeness (QED) is 0.216. The fourth-order valence-corrected chi connectivity index (χ4v) is 4.57. The van der Waals surface area contributed by atoms with E-state index in [-0.39, 0.29) is 23.0 Å². The van der Waals surface area contributed by atoms with Gasteiger partial charge in [0.2, 0.25) is 11.5 Å². The molecular formula is C32H50N2O6. The van der Waals surface area contributed by atoms with Crippen molar-refractivity contribution < 1.29 is 28.5 Å². The number of hydrogen-bond acceptors (Lipinski definition) is 6. The molecule has 2 aromatic rings. The highest BCUT2D eigenvalue weighted by atomic mass is 16.6. The van der Waals surface area contributed by atoms with E-state index in [0.29, 0.717) is 48.9 Å². The molecule has 0 saturated carbocycles. The molecule has 0 aliphatic rings. The Morgan fingerprint density at radius 3 is 1.68 bits per heavy atom. The van der Waals surface area contributed by atoms with E-state index in [9.17, 15) is 9.59 Å². The van der Waals surface area contributed by atoms with E-state index in [1.54, 1.807) is 0 Å². The number of hydrogen-bond donors (Lipinski definition) is 2. The van der Waals surface area contributed by atoms with E-state index in [1.807, 2.05) is 39.8 Å². The van der Waals surface area contributed by atoms with Crippen molar-refractivity contribution in [2.75, 3.05) is 26.3 Å². The molecule has 2 amide bonds. The highest BCUT2D eigenvalue weighted by Crippen LogP contribution is 2.52. The monoisotopic (exact) mass is 558 g/mol. The summed E-state index contributed by atoms with van der Waals surface area (Å²) < 4.78 is 23.9. The molecule has 2 unspecified atom stereocenters. The van der Waals surface area contributed by atoms with Gasteiger partial charge in [-0.2, -0.15) is 0 Å². The number of unbranched alkanes of at least 4 members (excludes halogenated alkanes) is 2. The SMILES string of the molecule is CCCCC(C)CNC(=O)Oc1c(OCC)c(OCC)c(OC(=O)NCC(C)CCCC)c2c(C)c(C)ccc12. The van der Waals surface area contributed by atoms with Gasteiger partial charge in [0, 0.05) is 23.9 Å². The van der Waals surface area contributed by atoms with Gasteiger partial charge in [-0.05, 0) is 63.5 Å². The number of fused-ring (bicyclic) bond motifs is 1. The minimum atomic E-state index is -0.571. The molecule has 0 aliphatic carbocycles. The van der Waals surface area contributed by atoms with E-state index in [2.05, 4.69) is 38.3 Å². The third kappa shape index (κ3) is 9.20. The molecule has 0 heterocycles. The summed E-state index contributed by atoms with van der Waals surface area (Å²) in [5.74, 6) is 1.62. The third-order valence-electron chi connectivity index (χ3n) is 7.08. The highest BCUT2D eigenvalue weighted by molar-refractivity contribution is 6.03. The summed E-state index contributed by atoms with van der Waals surface area (Å²) in [4.78, 5) is 26.0. The summed E-state index contributed by atoms with van der Waals surface area (Å²) in [6.45, 7) is 17.7. The third-order valence-corrected chi connectivity index (χ3v) is 7.08. The predicted octanol–water partition coefficient (Wildman–Crippen LogP) is 8.08. The molecule has 0 radical (unpaired) electrons. The van der Waals surface area contributed by atoms with Crippen molar-refractivity contribution in [2.45, 2.75) is 93.9 Å². The Labute approximate surface area is 240 Å². The van der Waals surface area contributed by atoms with Crippen LogP contribution in [0.1, 0.15) is 91.2 Å². The average Bonchev–Trinajstić information content (AvgIpc) is 2.93. The minimum absolute atomic E-state index is 0.230. The van der Waals surface area contributed by atoms with E-state index < -0.39 is 12.2 Å². The second kappa shape index (κ2) is 16.8. The molecule has 224 valence electrons. The lowest BCUT2D eigenvalue weighted by atomic mass is 9.98. The van der Waals surface area contributed by atoms with E-state index in [4.69, 9.17) is 18.9 Å². The van der Waals surface area contributed by atoms with Crippen LogP contribution in [0.25, 0.3) is 10.8 Å². The summed E-state index contributed by atoms with van der Waals surface area (Å²) in [7, 11) is 0. The Balaban J connectivity index is 2.53. The molecule has 8 nitrogen and oxygen atoms in total. The van der Waals surface area contributed by atoms with Gasteiger partial charge < -0.3 is 29.6 Å². The van der Waals surface area contributed by atoms with Gasteiger partial charge in [-0.25, -0.2) is 9.59 Å². The van der Waals surface area contributed by atoms with Crippen molar-refractivity contribution in [2.24, 2.45) is 11.8 Å². The van der Waals surface area contributed by atoms with Crippen molar-refractivity contribution in [3.05, 3.63) is 23.3 Å². The van der Waals surface area contributed by atoms with Crippen molar-refractivity contribution >= 4 is 23.0 Å². The van der Waals surface area contributed by atoms with Crippen molar-refractivity contribution in [3.63, 3.8) is 0 Å². The minimum Gasteiger partial charge on any atom is -0.487 e. The first kappa shape index (κ1) is 33.0. The number of benzene rings is 2. The summed E-state index contributed by atoms with van der Waals surface area (Å²) in [6, 6.07) is 3.81. The number of rotatable bonds is 16. The zero-order chi connectivity index (χ0) is 29.7. The Morgan fingerprint density at radius 2 is 1.20 bits per heavy atom. The fraction of sp³-hybridized carbons (Fsp3) is 0.625. The lowest BCUT2D eigenvalue weighted by Crippen LogP contribution is -2.31. The number of nitrogens with one attached hydrogen (secondary N) is 2. The average molecular weight is 559 g/mol. The van der Waals surface area contributed by atoms with E-state index in [0.717, 1.165) is 49.7 Å². The van der Waals surface area contributed by atoms with Crippen LogP contribution in [-0.2, 0) is 0 Å². The van der Waals surface area contributed by atoms with Gasteiger partial charge in [-0.3, -0.25) is 0 Å². The topological polar surface area (TPSA) is 95.1 Å². The molecule has 0 fully saturated rings. The van der Waals surface area contributed by atoms with Gasteiger partial charge in [-0.1, -0.05) is 65.5 Å². The van der Waals surface area contributed by atoms with Crippen LogP contribution in [0.2, 0.25) is 0 Å². The molecule has 40 heavy (non-hydrogen) atoms. The Bertz CT molecular complexity index is 1120. The maximum absolute atomic E-state index is 13.0. The maximum Gasteiger partial charge on any atom is 0.412 e. The van der Waals surface area contributed by atoms with Crippen LogP contribution in [0, 0.1) is 25.7 Å². The van der Waals surface area contributed by atoms with Crippen LogP contribution in [0.4, 0.5) is 9.59 Å². The molecule has 0 aromatic heterocycles. The molecular weight excluding hydrogens is 508 g/mol. The molecule has 2 aromatic carbocycles. The van der Waals surface area contributed by atoms with Gasteiger partial charge in [0.25, 0.3) is 0 Å². The zero-order valence-electron chi connectivity index (χ0n) is 25.8. The summed E-state index contributed by atoms with van der Waals surface area (Å²) >= 11 is 0. The Kier molecular flexibility index (Phi) is 13.9. The summed E-state index contributed by atoms with van der Waals surface area (Å²) in [5.41, 5.74) is 1.89.